The van der Waals surface area contributed by atoms with Crippen LogP contribution >= 0.6 is 51.3 Å². The van der Waals surface area contributed by atoms with Gasteiger partial charge in [0.25, 0.3) is 0 Å². The van der Waals surface area contributed by atoms with Crippen LogP contribution < -0.4 is 10.6 Å². The minimum atomic E-state index is -0.378. The highest BCUT2D eigenvalue weighted by Crippen LogP contribution is 2.23. The topological polar surface area (TPSA) is 59.7 Å². The van der Waals surface area contributed by atoms with Crippen LogP contribution in [0.2, 0.25) is 10.0 Å². The molecule has 164 valence electrons. The normalized spacial score (nSPS) is 10.9. The van der Waals surface area contributed by atoms with Crippen molar-refractivity contribution in [3.05, 3.63) is 92.5 Å². The number of halogens is 4. The molecule has 0 aliphatic carbocycles. The van der Waals surface area contributed by atoms with Crippen LogP contribution in [-0.2, 0) is 13.1 Å². The summed E-state index contributed by atoms with van der Waals surface area (Å²) in [7, 11) is 0. The summed E-state index contributed by atoms with van der Waals surface area (Å²) >= 11 is 21.2. The van der Waals surface area contributed by atoms with Gasteiger partial charge in [0, 0.05) is 28.0 Å². The zero-order valence-electron chi connectivity index (χ0n) is 16.4. The van der Waals surface area contributed by atoms with Crippen molar-refractivity contribution < 1.29 is 4.39 Å². The maximum Gasteiger partial charge on any atom is 0.176 e. The Morgan fingerprint density at radius 3 is 2.56 bits per heavy atom. The molecule has 0 aliphatic heterocycles. The van der Waals surface area contributed by atoms with Crippen LogP contribution in [0.3, 0.4) is 0 Å². The van der Waals surface area contributed by atoms with Gasteiger partial charge in [0.1, 0.15) is 5.82 Å². The molecule has 2 heterocycles. The quantitative estimate of drug-likeness (QED) is 0.279. The SMILES string of the molecule is Fc1cccc(Cl)c1Cn1cc(NC(=S)Nc2nn(Cc3ccccc3Cl)cc2Br)cn1. The fourth-order valence-electron chi connectivity index (χ4n) is 2.99. The van der Waals surface area contributed by atoms with E-state index in [1.807, 2.05) is 30.5 Å². The van der Waals surface area contributed by atoms with Crippen molar-refractivity contribution in [2.24, 2.45) is 0 Å². The molecule has 0 unspecified atom stereocenters. The lowest BCUT2D eigenvalue weighted by Crippen LogP contribution is -2.19. The van der Waals surface area contributed by atoms with Crippen LogP contribution in [0.1, 0.15) is 11.1 Å². The smallest absolute Gasteiger partial charge is 0.176 e. The van der Waals surface area contributed by atoms with Gasteiger partial charge in [0.15, 0.2) is 10.9 Å². The van der Waals surface area contributed by atoms with Gasteiger partial charge in [0.2, 0.25) is 0 Å². The molecule has 0 aliphatic rings. The Labute approximate surface area is 207 Å². The van der Waals surface area contributed by atoms with Crippen LogP contribution in [0.25, 0.3) is 0 Å². The standard InChI is InChI=1S/C21H16BrCl2FN6S/c22-16-12-31(9-13-4-1-2-5-17(13)23)29-20(16)28-21(32)27-14-8-26-30(10-14)11-15-18(24)6-3-7-19(15)25/h1-8,10,12H,9,11H2,(H2,27,28,29,32). The summed E-state index contributed by atoms with van der Waals surface area (Å²) in [6, 6.07) is 12.2. The number of nitrogens with zero attached hydrogens (tertiary/aromatic N) is 4. The predicted octanol–water partition coefficient (Wildman–Crippen LogP) is 6.19. The first kappa shape index (κ1) is 22.7. The summed E-state index contributed by atoms with van der Waals surface area (Å²) < 4.78 is 18.1. The molecule has 0 radical (unpaired) electrons. The predicted molar refractivity (Wildman–Crippen MR) is 133 cm³/mol. The fraction of sp³-hybridized carbons (Fsp3) is 0.0952. The number of nitrogens with one attached hydrogen (secondary N) is 2. The van der Waals surface area contributed by atoms with E-state index >= 15 is 0 Å². The summed E-state index contributed by atoms with van der Waals surface area (Å²) in [5, 5.41) is 16.2. The molecular weight excluding hydrogens is 538 g/mol. The van der Waals surface area contributed by atoms with Gasteiger partial charge in [-0.2, -0.15) is 10.2 Å². The number of anilines is 2. The second-order valence-electron chi connectivity index (χ2n) is 6.82. The molecule has 2 aromatic heterocycles. The molecule has 0 saturated heterocycles. The van der Waals surface area contributed by atoms with Gasteiger partial charge in [0.05, 0.1) is 29.4 Å². The Hall–Kier alpha value is -2.46. The number of aromatic nitrogens is 4. The third-order valence-electron chi connectivity index (χ3n) is 4.51. The highest BCUT2D eigenvalue weighted by Gasteiger charge is 2.12. The molecule has 0 bridgehead atoms. The van der Waals surface area contributed by atoms with Gasteiger partial charge in [-0.3, -0.25) is 9.36 Å². The van der Waals surface area contributed by atoms with Crippen molar-refractivity contribution in [2.45, 2.75) is 13.1 Å². The highest BCUT2D eigenvalue weighted by atomic mass is 79.9. The lowest BCUT2D eigenvalue weighted by molar-refractivity contribution is 0.585. The monoisotopic (exact) mass is 552 g/mol. The molecule has 2 N–H and O–H groups in total. The molecule has 4 rings (SSSR count). The number of rotatable bonds is 6. The molecule has 6 nitrogen and oxygen atoms in total. The maximum atomic E-state index is 14.0. The number of thiocarbonyl (C=S) groups is 1. The van der Waals surface area contributed by atoms with Gasteiger partial charge in [-0.05, 0) is 51.9 Å². The minimum absolute atomic E-state index is 0.200. The maximum absolute atomic E-state index is 14.0. The zero-order valence-corrected chi connectivity index (χ0v) is 20.3. The molecule has 0 saturated carbocycles. The van der Waals surface area contributed by atoms with E-state index in [1.165, 1.54) is 6.07 Å². The van der Waals surface area contributed by atoms with Crippen molar-refractivity contribution in [2.75, 3.05) is 10.6 Å². The molecule has 32 heavy (non-hydrogen) atoms. The third-order valence-corrected chi connectivity index (χ3v) is 6.02. The fourth-order valence-corrected chi connectivity index (χ4v) is 4.04. The Morgan fingerprint density at radius 2 is 1.78 bits per heavy atom. The average Bonchev–Trinajstić information content (AvgIpc) is 3.32. The number of benzene rings is 2. The van der Waals surface area contributed by atoms with Gasteiger partial charge < -0.3 is 10.6 Å². The molecular formula is C21H16BrCl2FN6S. The molecule has 0 atom stereocenters. The van der Waals surface area contributed by atoms with E-state index in [4.69, 9.17) is 35.4 Å². The van der Waals surface area contributed by atoms with Crippen LogP contribution in [0.5, 0.6) is 0 Å². The van der Waals surface area contributed by atoms with E-state index in [1.54, 1.807) is 33.9 Å². The molecule has 0 spiro atoms. The molecule has 11 heteroatoms. The van der Waals surface area contributed by atoms with Crippen LogP contribution in [0.4, 0.5) is 15.9 Å². The average molecular weight is 554 g/mol. The van der Waals surface area contributed by atoms with Crippen LogP contribution in [-0.4, -0.2) is 24.7 Å². The molecule has 2 aromatic carbocycles. The summed E-state index contributed by atoms with van der Waals surface area (Å²) in [4.78, 5) is 0. The summed E-state index contributed by atoms with van der Waals surface area (Å²) in [6.45, 7) is 0.719. The Morgan fingerprint density at radius 1 is 1.00 bits per heavy atom. The lowest BCUT2D eigenvalue weighted by Gasteiger charge is -2.08. The van der Waals surface area contributed by atoms with Crippen molar-refractivity contribution >= 4 is 68.0 Å². The second kappa shape index (κ2) is 9.99. The molecule has 0 amide bonds. The van der Waals surface area contributed by atoms with Crippen molar-refractivity contribution in [1.82, 2.24) is 19.6 Å². The van der Waals surface area contributed by atoms with E-state index < -0.39 is 0 Å². The van der Waals surface area contributed by atoms with Gasteiger partial charge in [-0.25, -0.2) is 4.39 Å². The second-order valence-corrected chi connectivity index (χ2v) is 8.90. The van der Waals surface area contributed by atoms with E-state index in [0.717, 1.165) is 10.0 Å². The molecule has 0 fully saturated rings. The molecule has 4 aromatic rings. The first-order chi connectivity index (χ1) is 15.4. The number of hydrogen-bond donors (Lipinski definition) is 2. The Bertz CT molecular complexity index is 1250. The summed E-state index contributed by atoms with van der Waals surface area (Å²) in [5.74, 6) is 0.178. The lowest BCUT2D eigenvalue weighted by atomic mass is 10.2. The minimum Gasteiger partial charge on any atom is -0.330 e. The van der Waals surface area contributed by atoms with Gasteiger partial charge >= 0.3 is 0 Å². The van der Waals surface area contributed by atoms with Crippen LogP contribution in [0.15, 0.2) is 65.5 Å². The van der Waals surface area contributed by atoms with E-state index in [0.29, 0.717) is 38.8 Å². The number of hydrogen-bond acceptors (Lipinski definition) is 3. The first-order valence-electron chi connectivity index (χ1n) is 9.39. The van der Waals surface area contributed by atoms with Gasteiger partial charge in [-0.15, -0.1) is 0 Å². The van der Waals surface area contributed by atoms with Crippen molar-refractivity contribution in [3.63, 3.8) is 0 Å². The van der Waals surface area contributed by atoms with E-state index in [9.17, 15) is 4.39 Å². The van der Waals surface area contributed by atoms with Crippen molar-refractivity contribution in [3.8, 4) is 0 Å². The van der Waals surface area contributed by atoms with Gasteiger partial charge in [-0.1, -0.05) is 47.5 Å². The van der Waals surface area contributed by atoms with Crippen LogP contribution in [0, 0.1) is 5.82 Å². The third kappa shape index (κ3) is 5.47. The largest absolute Gasteiger partial charge is 0.330 e. The highest BCUT2D eigenvalue weighted by molar-refractivity contribution is 9.10. The zero-order chi connectivity index (χ0) is 22.7. The van der Waals surface area contributed by atoms with E-state index in [2.05, 4.69) is 36.8 Å². The Kier molecular flexibility index (Phi) is 7.10. The Balaban J connectivity index is 1.38. The summed E-state index contributed by atoms with van der Waals surface area (Å²) in [5.41, 5.74) is 1.97. The van der Waals surface area contributed by atoms with Crippen molar-refractivity contribution in [1.29, 1.82) is 0 Å². The first-order valence-corrected chi connectivity index (χ1v) is 11.3. The van der Waals surface area contributed by atoms with E-state index in [-0.39, 0.29) is 12.4 Å². The summed E-state index contributed by atoms with van der Waals surface area (Å²) in [6.07, 6.45) is 5.14.